The Labute approximate surface area is 65.0 Å². The summed E-state index contributed by atoms with van der Waals surface area (Å²) in [4.78, 5) is 0. The van der Waals surface area contributed by atoms with Crippen molar-refractivity contribution >= 4 is 5.69 Å². The van der Waals surface area contributed by atoms with E-state index in [1.807, 2.05) is 24.3 Å². The van der Waals surface area contributed by atoms with E-state index in [0.717, 1.165) is 11.3 Å². The van der Waals surface area contributed by atoms with E-state index < -0.39 is 6.10 Å². The molecular formula is C8H10N2O. The molecule has 58 valence electrons. The summed E-state index contributed by atoms with van der Waals surface area (Å²) in [7, 11) is 0. The van der Waals surface area contributed by atoms with Crippen molar-refractivity contribution in [2.75, 3.05) is 11.6 Å². The van der Waals surface area contributed by atoms with E-state index in [1.165, 1.54) is 0 Å². The molecule has 0 bridgehead atoms. The fourth-order valence-electron chi connectivity index (χ4n) is 1.41. The third kappa shape index (κ3) is 0.895. The smallest absolute Gasteiger partial charge is 0.100 e. The highest BCUT2D eigenvalue weighted by Gasteiger charge is 2.23. The van der Waals surface area contributed by atoms with E-state index in [2.05, 4.69) is 0 Å². The molecule has 3 N–H and O–H groups in total. The van der Waals surface area contributed by atoms with Crippen molar-refractivity contribution in [2.24, 2.45) is 5.84 Å². The molecule has 0 saturated heterocycles. The number of para-hydroxylation sites is 1. The molecule has 0 spiro atoms. The summed E-state index contributed by atoms with van der Waals surface area (Å²) in [5, 5.41) is 11.0. The minimum Gasteiger partial charge on any atom is -0.386 e. The van der Waals surface area contributed by atoms with Crippen LogP contribution in [0.25, 0.3) is 0 Å². The summed E-state index contributed by atoms with van der Waals surface area (Å²) >= 11 is 0. The van der Waals surface area contributed by atoms with Crippen molar-refractivity contribution in [2.45, 2.75) is 6.10 Å². The van der Waals surface area contributed by atoms with Gasteiger partial charge in [-0.05, 0) is 6.07 Å². The molecule has 1 aromatic carbocycles. The van der Waals surface area contributed by atoms with Crippen LogP contribution in [0.2, 0.25) is 0 Å². The minimum absolute atomic E-state index is 0.420. The number of anilines is 1. The maximum absolute atomic E-state index is 9.43. The van der Waals surface area contributed by atoms with Crippen LogP contribution in [0, 0.1) is 0 Å². The summed E-state index contributed by atoms with van der Waals surface area (Å²) in [5.74, 6) is 5.61. The topological polar surface area (TPSA) is 49.5 Å². The lowest BCUT2D eigenvalue weighted by Gasteiger charge is -2.09. The van der Waals surface area contributed by atoms with Crippen LogP contribution < -0.4 is 10.9 Å². The average molecular weight is 150 g/mol. The predicted octanol–water partition coefficient (Wildman–Crippen LogP) is 0.414. The molecule has 0 aliphatic carbocycles. The van der Waals surface area contributed by atoms with E-state index in [9.17, 15) is 5.11 Å². The normalized spacial score (nSPS) is 22.0. The second-order valence-corrected chi connectivity index (χ2v) is 2.73. The van der Waals surface area contributed by atoms with Crippen LogP contribution in [0.1, 0.15) is 11.7 Å². The van der Waals surface area contributed by atoms with E-state index in [4.69, 9.17) is 5.84 Å². The molecule has 2 rings (SSSR count). The molecule has 11 heavy (non-hydrogen) atoms. The van der Waals surface area contributed by atoms with Gasteiger partial charge in [-0.2, -0.15) is 0 Å². The molecule has 0 aromatic heterocycles. The number of nitrogens with two attached hydrogens (primary N) is 1. The molecule has 1 aliphatic rings. The van der Waals surface area contributed by atoms with Crippen LogP contribution in [0.3, 0.4) is 0 Å². The highest BCUT2D eigenvalue weighted by atomic mass is 16.3. The Kier molecular flexibility index (Phi) is 1.34. The SMILES string of the molecule is NN1CC(O)c2ccccc21. The lowest BCUT2D eigenvalue weighted by Crippen LogP contribution is -2.29. The Balaban J connectivity index is 2.52. The van der Waals surface area contributed by atoms with E-state index in [-0.39, 0.29) is 0 Å². The van der Waals surface area contributed by atoms with Crippen molar-refractivity contribution in [1.29, 1.82) is 0 Å². The molecular weight excluding hydrogens is 140 g/mol. The predicted molar refractivity (Wildman–Crippen MR) is 42.9 cm³/mol. The second kappa shape index (κ2) is 2.22. The fraction of sp³-hybridized carbons (Fsp3) is 0.250. The standard InChI is InChI=1S/C8H10N2O/c9-10-5-8(11)6-3-1-2-4-7(6)10/h1-4,8,11H,5,9H2. The monoisotopic (exact) mass is 150 g/mol. The fourth-order valence-corrected chi connectivity index (χ4v) is 1.41. The van der Waals surface area contributed by atoms with E-state index >= 15 is 0 Å². The van der Waals surface area contributed by atoms with Gasteiger partial charge in [0.05, 0.1) is 12.2 Å². The highest BCUT2D eigenvalue weighted by molar-refractivity contribution is 5.57. The molecule has 0 fully saturated rings. The number of hydrogen-bond acceptors (Lipinski definition) is 3. The van der Waals surface area contributed by atoms with Gasteiger partial charge >= 0.3 is 0 Å². The molecule has 0 amide bonds. The van der Waals surface area contributed by atoms with Gasteiger partial charge in [-0.15, -0.1) is 0 Å². The first-order valence-electron chi connectivity index (χ1n) is 3.58. The lowest BCUT2D eigenvalue weighted by molar-refractivity contribution is 0.194. The third-order valence-electron chi connectivity index (χ3n) is 1.97. The summed E-state index contributed by atoms with van der Waals surface area (Å²) in [6, 6.07) is 7.62. The van der Waals surface area contributed by atoms with Crippen molar-refractivity contribution < 1.29 is 5.11 Å². The van der Waals surface area contributed by atoms with Crippen LogP contribution in [0.5, 0.6) is 0 Å². The number of rotatable bonds is 0. The maximum Gasteiger partial charge on any atom is 0.100 e. The summed E-state index contributed by atoms with van der Waals surface area (Å²) < 4.78 is 0. The molecule has 1 unspecified atom stereocenters. The van der Waals surface area contributed by atoms with Crippen molar-refractivity contribution in [3.8, 4) is 0 Å². The van der Waals surface area contributed by atoms with E-state index in [0.29, 0.717) is 6.54 Å². The summed E-state index contributed by atoms with van der Waals surface area (Å²) in [6.07, 6.45) is -0.420. The Bertz CT molecular complexity index is 248. The second-order valence-electron chi connectivity index (χ2n) is 2.73. The van der Waals surface area contributed by atoms with Gasteiger partial charge in [0.25, 0.3) is 0 Å². The quantitative estimate of drug-likeness (QED) is 0.527. The van der Waals surface area contributed by atoms with Gasteiger partial charge in [-0.1, -0.05) is 18.2 Å². The van der Waals surface area contributed by atoms with Crippen LogP contribution in [0.15, 0.2) is 24.3 Å². The molecule has 1 atom stereocenters. The average Bonchev–Trinajstić information content (AvgIpc) is 2.30. The minimum atomic E-state index is -0.420. The first-order valence-corrected chi connectivity index (χ1v) is 3.58. The summed E-state index contributed by atoms with van der Waals surface area (Å²) in [6.45, 7) is 0.499. The van der Waals surface area contributed by atoms with Gasteiger partial charge in [0, 0.05) is 5.56 Å². The number of fused-ring (bicyclic) bond motifs is 1. The van der Waals surface area contributed by atoms with Gasteiger partial charge in [-0.25, -0.2) is 5.84 Å². The van der Waals surface area contributed by atoms with Crippen LogP contribution in [-0.4, -0.2) is 11.7 Å². The van der Waals surface area contributed by atoms with Gasteiger partial charge in [0.15, 0.2) is 0 Å². The van der Waals surface area contributed by atoms with Crippen LogP contribution >= 0.6 is 0 Å². The Hall–Kier alpha value is -1.06. The number of benzene rings is 1. The van der Waals surface area contributed by atoms with Gasteiger partial charge < -0.3 is 10.1 Å². The zero-order valence-electron chi connectivity index (χ0n) is 6.07. The van der Waals surface area contributed by atoms with Crippen LogP contribution in [-0.2, 0) is 0 Å². The van der Waals surface area contributed by atoms with Gasteiger partial charge in [0.1, 0.15) is 6.10 Å². The lowest BCUT2D eigenvalue weighted by atomic mass is 10.1. The Morgan fingerprint density at radius 1 is 1.45 bits per heavy atom. The van der Waals surface area contributed by atoms with Crippen molar-refractivity contribution in [3.05, 3.63) is 29.8 Å². The van der Waals surface area contributed by atoms with Crippen molar-refractivity contribution in [3.63, 3.8) is 0 Å². The van der Waals surface area contributed by atoms with E-state index in [1.54, 1.807) is 5.01 Å². The molecule has 3 nitrogen and oxygen atoms in total. The Morgan fingerprint density at radius 2 is 2.18 bits per heavy atom. The number of hydrazine groups is 1. The zero-order chi connectivity index (χ0) is 7.84. The Morgan fingerprint density at radius 3 is 2.91 bits per heavy atom. The third-order valence-corrected chi connectivity index (χ3v) is 1.97. The first-order chi connectivity index (χ1) is 5.29. The van der Waals surface area contributed by atoms with Crippen LogP contribution in [0.4, 0.5) is 5.69 Å². The molecule has 3 heteroatoms. The summed E-state index contributed by atoms with van der Waals surface area (Å²) in [5.41, 5.74) is 1.86. The van der Waals surface area contributed by atoms with Crippen molar-refractivity contribution in [1.82, 2.24) is 0 Å². The maximum atomic E-state index is 9.43. The molecule has 1 aromatic rings. The molecule has 1 aliphatic heterocycles. The molecule has 1 heterocycles. The molecule has 0 saturated carbocycles. The number of aliphatic hydroxyl groups excluding tert-OH is 1. The van der Waals surface area contributed by atoms with Gasteiger partial charge in [0.2, 0.25) is 0 Å². The number of β-amino-alcohol motifs (C(OH)–C–C–N with tert-alkyl or cyclic N) is 1. The number of hydrogen-bond donors (Lipinski definition) is 2. The first kappa shape index (κ1) is 6.64. The van der Waals surface area contributed by atoms with Gasteiger partial charge in [-0.3, -0.25) is 0 Å². The largest absolute Gasteiger partial charge is 0.386 e. The highest BCUT2D eigenvalue weighted by Crippen LogP contribution is 2.31. The number of aliphatic hydroxyl groups is 1. The molecule has 0 radical (unpaired) electrons. The zero-order valence-corrected chi connectivity index (χ0v) is 6.07. The number of nitrogens with zero attached hydrogens (tertiary/aromatic N) is 1.